The Balaban J connectivity index is 1.80. The van der Waals surface area contributed by atoms with Crippen LogP contribution >= 0.6 is 27.3 Å². The van der Waals surface area contributed by atoms with E-state index in [0.717, 1.165) is 21.7 Å². The van der Waals surface area contributed by atoms with Crippen LogP contribution in [0.3, 0.4) is 0 Å². The average molecular weight is 337 g/mol. The number of anilines is 1. The summed E-state index contributed by atoms with van der Waals surface area (Å²) in [5, 5.41) is 8.54. The lowest BCUT2D eigenvalue weighted by Crippen LogP contribution is -2.00. The molecular formula is C13H13BrN4S. The van der Waals surface area contributed by atoms with Crippen molar-refractivity contribution in [3.05, 3.63) is 40.1 Å². The van der Waals surface area contributed by atoms with Gasteiger partial charge in [-0.05, 0) is 25.1 Å². The number of benzene rings is 1. The highest BCUT2D eigenvalue weighted by molar-refractivity contribution is 9.10. The molecule has 2 heterocycles. The number of fused-ring (bicyclic) bond motifs is 1. The van der Waals surface area contributed by atoms with Crippen LogP contribution in [0.25, 0.3) is 10.2 Å². The quantitative estimate of drug-likeness (QED) is 0.792. The molecule has 0 aliphatic carbocycles. The molecule has 1 N–H and O–H groups in total. The van der Waals surface area contributed by atoms with Crippen LogP contribution in [0, 0.1) is 6.92 Å². The van der Waals surface area contributed by atoms with Crippen molar-refractivity contribution in [3.8, 4) is 0 Å². The molecule has 0 atom stereocenters. The van der Waals surface area contributed by atoms with E-state index >= 15 is 0 Å². The molecule has 1 aromatic carbocycles. The topological polar surface area (TPSA) is 42.7 Å². The molecule has 19 heavy (non-hydrogen) atoms. The Morgan fingerprint density at radius 1 is 1.42 bits per heavy atom. The van der Waals surface area contributed by atoms with Crippen LogP contribution in [0.5, 0.6) is 0 Å². The fourth-order valence-electron chi connectivity index (χ4n) is 1.86. The van der Waals surface area contributed by atoms with Crippen molar-refractivity contribution < 1.29 is 0 Å². The van der Waals surface area contributed by atoms with Gasteiger partial charge in [0.2, 0.25) is 0 Å². The molecule has 0 amide bonds. The maximum absolute atomic E-state index is 4.56. The van der Waals surface area contributed by atoms with Crippen LogP contribution in [-0.2, 0) is 13.6 Å². The molecule has 0 unspecified atom stereocenters. The molecule has 0 spiro atoms. The molecule has 98 valence electrons. The molecule has 6 heteroatoms. The SMILES string of the molecule is Cc1c(CNc2nc3ccc(Br)cc3s2)cnn1C. The fraction of sp³-hybridized carbons (Fsp3) is 0.231. The number of nitrogens with zero attached hydrogens (tertiary/aromatic N) is 3. The van der Waals surface area contributed by atoms with Gasteiger partial charge in [-0.2, -0.15) is 5.10 Å². The van der Waals surface area contributed by atoms with Crippen molar-refractivity contribution in [1.29, 1.82) is 0 Å². The van der Waals surface area contributed by atoms with Gasteiger partial charge in [0, 0.05) is 29.3 Å². The minimum atomic E-state index is 0.751. The molecule has 0 saturated carbocycles. The molecule has 0 saturated heterocycles. The predicted molar refractivity (Wildman–Crippen MR) is 82.6 cm³/mol. The van der Waals surface area contributed by atoms with E-state index in [2.05, 4.69) is 44.3 Å². The van der Waals surface area contributed by atoms with Gasteiger partial charge in [-0.25, -0.2) is 4.98 Å². The van der Waals surface area contributed by atoms with Gasteiger partial charge < -0.3 is 5.32 Å². The number of thiazole rings is 1. The number of rotatable bonds is 3. The number of halogens is 1. The van der Waals surface area contributed by atoms with Crippen LogP contribution in [0.4, 0.5) is 5.13 Å². The Hall–Kier alpha value is -1.40. The summed E-state index contributed by atoms with van der Waals surface area (Å²) in [4.78, 5) is 4.56. The van der Waals surface area contributed by atoms with E-state index < -0.39 is 0 Å². The van der Waals surface area contributed by atoms with Gasteiger partial charge >= 0.3 is 0 Å². The second-order valence-corrected chi connectivity index (χ2v) is 6.31. The van der Waals surface area contributed by atoms with Crippen LogP contribution < -0.4 is 5.32 Å². The molecule has 4 nitrogen and oxygen atoms in total. The normalized spacial score (nSPS) is 11.1. The Morgan fingerprint density at radius 3 is 3.00 bits per heavy atom. The van der Waals surface area contributed by atoms with E-state index in [9.17, 15) is 0 Å². The van der Waals surface area contributed by atoms with Gasteiger partial charge in [0.15, 0.2) is 5.13 Å². The highest BCUT2D eigenvalue weighted by Gasteiger charge is 2.06. The maximum Gasteiger partial charge on any atom is 0.184 e. The summed E-state index contributed by atoms with van der Waals surface area (Å²) in [5.74, 6) is 0. The third-order valence-electron chi connectivity index (χ3n) is 3.12. The molecule has 3 aromatic rings. The van der Waals surface area contributed by atoms with Gasteiger partial charge in [-0.1, -0.05) is 27.3 Å². The first-order valence-electron chi connectivity index (χ1n) is 5.91. The third-order valence-corrected chi connectivity index (χ3v) is 4.59. The van der Waals surface area contributed by atoms with E-state index in [0.29, 0.717) is 0 Å². The zero-order valence-corrected chi connectivity index (χ0v) is 13.0. The van der Waals surface area contributed by atoms with Crippen molar-refractivity contribution in [1.82, 2.24) is 14.8 Å². The predicted octanol–water partition coefficient (Wildman–Crippen LogP) is 3.71. The number of hydrogen-bond donors (Lipinski definition) is 1. The van der Waals surface area contributed by atoms with Gasteiger partial charge in [-0.15, -0.1) is 0 Å². The fourth-order valence-corrected chi connectivity index (χ4v) is 3.28. The Morgan fingerprint density at radius 2 is 2.26 bits per heavy atom. The van der Waals surface area contributed by atoms with Crippen LogP contribution in [0.1, 0.15) is 11.3 Å². The summed E-state index contributed by atoms with van der Waals surface area (Å²) in [6, 6.07) is 6.13. The minimum absolute atomic E-state index is 0.751. The minimum Gasteiger partial charge on any atom is -0.357 e. The number of nitrogens with one attached hydrogen (secondary N) is 1. The highest BCUT2D eigenvalue weighted by Crippen LogP contribution is 2.28. The summed E-state index contributed by atoms with van der Waals surface area (Å²) in [6.07, 6.45) is 1.90. The molecule has 0 aliphatic heterocycles. The Labute approximate surface area is 123 Å². The first-order valence-corrected chi connectivity index (χ1v) is 7.52. The van der Waals surface area contributed by atoms with Crippen molar-refractivity contribution in [3.63, 3.8) is 0 Å². The molecular weight excluding hydrogens is 324 g/mol. The van der Waals surface area contributed by atoms with E-state index in [1.807, 2.05) is 30.1 Å². The summed E-state index contributed by atoms with van der Waals surface area (Å²) in [6.45, 7) is 2.82. The third kappa shape index (κ3) is 2.50. The van der Waals surface area contributed by atoms with Gasteiger partial charge in [0.05, 0.1) is 16.4 Å². The number of hydrogen-bond acceptors (Lipinski definition) is 4. The Kier molecular flexibility index (Phi) is 3.28. The summed E-state index contributed by atoms with van der Waals surface area (Å²) >= 11 is 5.14. The maximum atomic E-state index is 4.56. The second kappa shape index (κ2) is 4.94. The van der Waals surface area contributed by atoms with Gasteiger partial charge in [0.1, 0.15) is 0 Å². The van der Waals surface area contributed by atoms with Crippen molar-refractivity contribution >= 4 is 42.6 Å². The smallest absolute Gasteiger partial charge is 0.184 e. The number of aryl methyl sites for hydroxylation is 1. The summed E-state index contributed by atoms with van der Waals surface area (Å²) < 4.78 is 4.14. The first-order chi connectivity index (χ1) is 9.13. The van der Waals surface area contributed by atoms with Gasteiger partial charge in [-0.3, -0.25) is 4.68 Å². The first kappa shape index (κ1) is 12.6. The summed E-state index contributed by atoms with van der Waals surface area (Å²) in [5.41, 5.74) is 3.40. The van der Waals surface area contributed by atoms with E-state index in [-0.39, 0.29) is 0 Å². The van der Waals surface area contributed by atoms with Gasteiger partial charge in [0.25, 0.3) is 0 Å². The molecule has 0 aliphatic rings. The standard InChI is InChI=1S/C13H13BrN4S/c1-8-9(7-16-18(8)2)6-15-13-17-11-4-3-10(14)5-12(11)19-13/h3-5,7H,6H2,1-2H3,(H,15,17). The highest BCUT2D eigenvalue weighted by atomic mass is 79.9. The summed E-state index contributed by atoms with van der Waals surface area (Å²) in [7, 11) is 1.95. The number of aromatic nitrogens is 3. The molecule has 0 fully saturated rings. The zero-order valence-electron chi connectivity index (χ0n) is 10.6. The van der Waals surface area contributed by atoms with E-state index in [1.165, 1.54) is 16.0 Å². The second-order valence-electron chi connectivity index (χ2n) is 4.36. The van der Waals surface area contributed by atoms with Crippen LogP contribution in [0.2, 0.25) is 0 Å². The van der Waals surface area contributed by atoms with Crippen LogP contribution in [0.15, 0.2) is 28.9 Å². The van der Waals surface area contributed by atoms with E-state index in [1.54, 1.807) is 11.3 Å². The van der Waals surface area contributed by atoms with Crippen LogP contribution in [-0.4, -0.2) is 14.8 Å². The lowest BCUT2D eigenvalue weighted by atomic mass is 10.2. The van der Waals surface area contributed by atoms with Crippen molar-refractivity contribution in [2.45, 2.75) is 13.5 Å². The lowest BCUT2D eigenvalue weighted by molar-refractivity contribution is 0.738. The lowest BCUT2D eigenvalue weighted by Gasteiger charge is -2.01. The zero-order chi connectivity index (χ0) is 13.4. The van der Waals surface area contributed by atoms with Crippen molar-refractivity contribution in [2.24, 2.45) is 7.05 Å². The molecule has 0 bridgehead atoms. The molecule has 2 aromatic heterocycles. The Bertz CT molecular complexity index is 731. The molecule has 3 rings (SSSR count). The molecule has 0 radical (unpaired) electrons. The largest absolute Gasteiger partial charge is 0.357 e. The van der Waals surface area contributed by atoms with E-state index in [4.69, 9.17) is 0 Å². The monoisotopic (exact) mass is 336 g/mol. The average Bonchev–Trinajstić information content (AvgIpc) is 2.92. The van der Waals surface area contributed by atoms with Crippen molar-refractivity contribution in [2.75, 3.05) is 5.32 Å².